The highest BCUT2D eigenvalue weighted by molar-refractivity contribution is 7.15. The first-order valence-electron chi connectivity index (χ1n) is 11.3. The second-order valence-electron chi connectivity index (χ2n) is 8.18. The number of benzene rings is 1. The van der Waals surface area contributed by atoms with Gasteiger partial charge in [0, 0.05) is 46.4 Å². The van der Waals surface area contributed by atoms with Crippen LogP contribution in [0.15, 0.2) is 54.9 Å². The van der Waals surface area contributed by atoms with Crippen molar-refractivity contribution >= 4 is 33.7 Å². The molecule has 5 rings (SSSR count). The Morgan fingerprint density at radius 3 is 2.82 bits per heavy atom. The van der Waals surface area contributed by atoms with Crippen molar-refractivity contribution in [2.75, 3.05) is 43.6 Å². The smallest absolute Gasteiger partial charge is 0.157 e. The molecule has 8 heteroatoms. The highest BCUT2D eigenvalue weighted by Crippen LogP contribution is 2.35. The zero-order chi connectivity index (χ0) is 22.6. The Morgan fingerprint density at radius 1 is 1.12 bits per heavy atom. The fourth-order valence-electron chi connectivity index (χ4n) is 4.15. The first kappa shape index (κ1) is 21.8. The summed E-state index contributed by atoms with van der Waals surface area (Å²) in [5.41, 5.74) is 2.58. The highest BCUT2D eigenvalue weighted by Gasteiger charge is 2.17. The Hall–Kier alpha value is -3.07. The standard InChI is InChI=1S/C25H28N6OS/c1-17(22-7-8-23(33-22)20-6-4-3-5-18(20)14-26-2)29-25-21-13-24(31-9-11-32-12-10-31)27-15-19(21)16-28-30-25/h3-8,13,15-17,26H,9-12,14H2,1-2H3,(H,29,30)/t17-/m1/s1. The van der Waals surface area contributed by atoms with Crippen LogP contribution < -0.4 is 15.5 Å². The number of pyridine rings is 1. The van der Waals surface area contributed by atoms with E-state index in [1.54, 1.807) is 6.20 Å². The summed E-state index contributed by atoms with van der Waals surface area (Å²) in [4.78, 5) is 9.42. The molecule has 4 aromatic rings. The predicted molar refractivity (Wildman–Crippen MR) is 135 cm³/mol. The van der Waals surface area contributed by atoms with E-state index in [2.05, 4.69) is 80.1 Å². The number of hydrogen-bond donors (Lipinski definition) is 2. The van der Waals surface area contributed by atoms with Crippen molar-refractivity contribution in [1.82, 2.24) is 20.5 Å². The molecule has 0 bridgehead atoms. The molecular formula is C25H28N6OS. The van der Waals surface area contributed by atoms with Crippen LogP contribution in [0.1, 0.15) is 23.4 Å². The molecule has 2 N–H and O–H groups in total. The normalized spacial score (nSPS) is 15.0. The number of thiophene rings is 1. The minimum Gasteiger partial charge on any atom is -0.378 e. The van der Waals surface area contributed by atoms with Crippen LogP contribution in [-0.2, 0) is 11.3 Å². The number of hydrogen-bond acceptors (Lipinski definition) is 8. The lowest BCUT2D eigenvalue weighted by atomic mass is 10.1. The summed E-state index contributed by atoms with van der Waals surface area (Å²) in [6, 6.07) is 15.2. The number of ether oxygens (including phenoxy) is 1. The molecule has 0 radical (unpaired) electrons. The summed E-state index contributed by atoms with van der Waals surface area (Å²) in [5, 5.41) is 17.5. The topological polar surface area (TPSA) is 75.2 Å². The molecule has 0 aliphatic carbocycles. The molecule has 33 heavy (non-hydrogen) atoms. The molecule has 1 atom stereocenters. The molecule has 0 spiro atoms. The maximum absolute atomic E-state index is 5.48. The molecule has 0 amide bonds. The molecule has 3 aromatic heterocycles. The largest absolute Gasteiger partial charge is 0.378 e. The maximum atomic E-state index is 5.48. The Bertz CT molecular complexity index is 1240. The molecule has 0 saturated carbocycles. The van der Waals surface area contributed by atoms with Gasteiger partial charge in [0.25, 0.3) is 0 Å². The van der Waals surface area contributed by atoms with E-state index in [0.717, 1.165) is 55.3 Å². The van der Waals surface area contributed by atoms with Gasteiger partial charge in [-0.25, -0.2) is 4.98 Å². The summed E-state index contributed by atoms with van der Waals surface area (Å²) in [6.07, 6.45) is 3.65. The summed E-state index contributed by atoms with van der Waals surface area (Å²) >= 11 is 1.81. The third kappa shape index (κ3) is 4.68. The van der Waals surface area contributed by atoms with Crippen LogP contribution in [0, 0.1) is 0 Å². The molecule has 1 aromatic carbocycles. The number of aromatic nitrogens is 3. The lowest BCUT2D eigenvalue weighted by Crippen LogP contribution is -2.36. The Kier molecular flexibility index (Phi) is 6.48. The van der Waals surface area contributed by atoms with Gasteiger partial charge in [0.05, 0.1) is 25.5 Å². The average Bonchev–Trinajstić information content (AvgIpc) is 3.35. The van der Waals surface area contributed by atoms with E-state index >= 15 is 0 Å². The van der Waals surface area contributed by atoms with E-state index in [0.29, 0.717) is 0 Å². The first-order valence-corrected chi connectivity index (χ1v) is 12.1. The summed E-state index contributed by atoms with van der Waals surface area (Å²) in [5.74, 6) is 1.73. The van der Waals surface area contributed by atoms with Crippen molar-refractivity contribution < 1.29 is 4.74 Å². The zero-order valence-corrected chi connectivity index (χ0v) is 19.7. The van der Waals surface area contributed by atoms with Gasteiger partial charge in [-0.3, -0.25) is 0 Å². The van der Waals surface area contributed by atoms with Crippen LogP contribution in [0.2, 0.25) is 0 Å². The Balaban J connectivity index is 1.40. The first-order chi connectivity index (χ1) is 16.2. The lowest BCUT2D eigenvalue weighted by Gasteiger charge is -2.28. The van der Waals surface area contributed by atoms with Crippen molar-refractivity contribution in [2.24, 2.45) is 0 Å². The number of fused-ring (bicyclic) bond motifs is 1. The third-order valence-electron chi connectivity index (χ3n) is 5.92. The molecule has 7 nitrogen and oxygen atoms in total. The molecule has 170 valence electrons. The minimum atomic E-state index is 0.0973. The van der Waals surface area contributed by atoms with Crippen LogP contribution in [0.25, 0.3) is 21.2 Å². The van der Waals surface area contributed by atoms with E-state index in [1.165, 1.54) is 20.9 Å². The third-order valence-corrected chi connectivity index (χ3v) is 7.22. The molecule has 0 unspecified atom stereocenters. The second-order valence-corrected chi connectivity index (χ2v) is 9.29. The fourth-order valence-corrected chi connectivity index (χ4v) is 5.22. The number of nitrogens with one attached hydrogen (secondary N) is 2. The van der Waals surface area contributed by atoms with E-state index in [4.69, 9.17) is 4.74 Å². The quantitative estimate of drug-likeness (QED) is 0.421. The molecule has 1 aliphatic rings. The molecule has 1 aliphatic heterocycles. The molecular weight excluding hydrogens is 432 g/mol. The van der Waals surface area contributed by atoms with Gasteiger partial charge in [0.15, 0.2) is 5.82 Å². The van der Waals surface area contributed by atoms with Crippen molar-refractivity contribution in [1.29, 1.82) is 0 Å². The van der Waals surface area contributed by atoms with Crippen molar-refractivity contribution in [2.45, 2.75) is 19.5 Å². The molecule has 1 saturated heterocycles. The van der Waals surface area contributed by atoms with Crippen molar-refractivity contribution in [3.63, 3.8) is 0 Å². The zero-order valence-electron chi connectivity index (χ0n) is 18.9. The fraction of sp³-hybridized carbons (Fsp3) is 0.320. The number of nitrogens with zero attached hydrogens (tertiary/aromatic N) is 4. The average molecular weight is 461 g/mol. The summed E-state index contributed by atoms with van der Waals surface area (Å²) < 4.78 is 5.48. The van der Waals surface area contributed by atoms with E-state index in [9.17, 15) is 0 Å². The Labute approximate surface area is 197 Å². The Morgan fingerprint density at radius 2 is 1.97 bits per heavy atom. The van der Waals surface area contributed by atoms with Gasteiger partial charge in [-0.1, -0.05) is 24.3 Å². The van der Waals surface area contributed by atoms with Crippen LogP contribution in [0.5, 0.6) is 0 Å². The van der Waals surface area contributed by atoms with Gasteiger partial charge >= 0.3 is 0 Å². The molecule has 4 heterocycles. The predicted octanol–water partition coefficient (Wildman–Crippen LogP) is 4.48. The SMILES string of the molecule is CNCc1ccccc1-c1ccc([C@@H](C)Nc2nncc3cnc(N4CCOCC4)cc23)s1. The second kappa shape index (κ2) is 9.82. The molecule has 1 fully saturated rings. The van der Waals surface area contributed by atoms with Gasteiger partial charge in [-0.2, -0.15) is 5.10 Å². The number of morpholine rings is 1. The van der Waals surface area contributed by atoms with E-state index < -0.39 is 0 Å². The maximum Gasteiger partial charge on any atom is 0.157 e. The van der Waals surface area contributed by atoms with Crippen LogP contribution >= 0.6 is 11.3 Å². The number of rotatable bonds is 7. The van der Waals surface area contributed by atoms with Gasteiger partial charge in [0.1, 0.15) is 5.82 Å². The van der Waals surface area contributed by atoms with E-state index in [-0.39, 0.29) is 6.04 Å². The van der Waals surface area contributed by atoms with Crippen molar-refractivity contribution in [3.8, 4) is 10.4 Å². The van der Waals surface area contributed by atoms with Gasteiger partial charge in [-0.15, -0.1) is 16.4 Å². The number of anilines is 2. The van der Waals surface area contributed by atoms with E-state index in [1.807, 2.05) is 24.6 Å². The van der Waals surface area contributed by atoms with Gasteiger partial charge in [-0.05, 0) is 43.3 Å². The summed E-state index contributed by atoms with van der Waals surface area (Å²) in [6.45, 7) is 6.18. The van der Waals surface area contributed by atoms with Crippen LogP contribution in [0.4, 0.5) is 11.6 Å². The van der Waals surface area contributed by atoms with Crippen LogP contribution in [-0.4, -0.2) is 48.5 Å². The lowest BCUT2D eigenvalue weighted by molar-refractivity contribution is 0.122. The summed E-state index contributed by atoms with van der Waals surface area (Å²) in [7, 11) is 1.98. The monoisotopic (exact) mass is 460 g/mol. The minimum absolute atomic E-state index is 0.0973. The van der Waals surface area contributed by atoms with Crippen molar-refractivity contribution in [3.05, 3.63) is 65.3 Å². The highest BCUT2D eigenvalue weighted by atomic mass is 32.1. The van der Waals surface area contributed by atoms with Gasteiger partial charge < -0.3 is 20.3 Å². The van der Waals surface area contributed by atoms with Crippen LogP contribution in [0.3, 0.4) is 0 Å². The van der Waals surface area contributed by atoms with Gasteiger partial charge in [0.2, 0.25) is 0 Å².